The summed E-state index contributed by atoms with van der Waals surface area (Å²) in [6.45, 7) is 19.9. The Morgan fingerprint density at radius 3 is 2.35 bits per heavy atom. The van der Waals surface area contributed by atoms with Gasteiger partial charge in [0, 0.05) is 45.1 Å². The maximum Gasteiger partial charge on any atom is 0.410 e. The second-order valence-electron chi connectivity index (χ2n) is 18.2. The van der Waals surface area contributed by atoms with Gasteiger partial charge in [-0.15, -0.1) is 0 Å². The Hall–Kier alpha value is -2.09. The molecule has 4 aliphatic carbocycles. The van der Waals surface area contributed by atoms with Gasteiger partial charge in [0.15, 0.2) is 0 Å². The summed E-state index contributed by atoms with van der Waals surface area (Å²) in [6.07, 6.45) is 17.4. The highest BCUT2D eigenvalue weighted by Crippen LogP contribution is 2.67. The van der Waals surface area contributed by atoms with Gasteiger partial charge in [0.05, 0.1) is 0 Å². The van der Waals surface area contributed by atoms with Crippen LogP contribution in [-0.2, 0) is 14.3 Å². The van der Waals surface area contributed by atoms with E-state index in [0.717, 1.165) is 54.8 Å². The van der Waals surface area contributed by atoms with Crippen molar-refractivity contribution in [2.24, 2.45) is 52.1 Å². The van der Waals surface area contributed by atoms with E-state index in [4.69, 9.17) is 10.5 Å². The van der Waals surface area contributed by atoms with Gasteiger partial charge < -0.3 is 26.0 Å². The van der Waals surface area contributed by atoms with E-state index in [9.17, 15) is 14.4 Å². The van der Waals surface area contributed by atoms with Crippen LogP contribution < -0.4 is 16.4 Å². The monoisotopic (exact) mass is 685 g/mol. The summed E-state index contributed by atoms with van der Waals surface area (Å²) in [5.41, 5.74) is 7.11. The predicted molar refractivity (Wildman–Crippen MR) is 199 cm³/mol. The minimum Gasteiger partial charge on any atom is -0.444 e. The molecule has 0 saturated heterocycles. The number of carbonyl (C=O) groups excluding carboxylic acids is 3. The number of allylic oxidation sites excluding steroid dienone is 1. The lowest BCUT2D eigenvalue weighted by atomic mass is 9.46. The average Bonchev–Trinajstić information content (AvgIpc) is 3.37. The molecule has 8 atom stereocenters. The van der Waals surface area contributed by atoms with E-state index in [-0.39, 0.29) is 42.2 Å². The van der Waals surface area contributed by atoms with Gasteiger partial charge in [0.2, 0.25) is 11.8 Å². The fraction of sp³-hybridized carbons (Fsp3) is 0.878. The first kappa shape index (κ1) is 39.7. The zero-order chi connectivity index (χ0) is 36.0. The molecule has 0 bridgehead atoms. The van der Waals surface area contributed by atoms with E-state index in [1.54, 1.807) is 5.57 Å². The van der Waals surface area contributed by atoms with Crippen molar-refractivity contribution >= 4 is 17.9 Å². The van der Waals surface area contributed by atoms with Crippen LogP contribution in [0.5, 0.6) is 0 Å². The van der Waals surface area contributed by atoms with Gasteiger partial charge in [0.1, 0.15) is 5.60 Å². The molecule has 4 aliphatic rings. The van der Waals surface area contributed by atoms with Crippen molar-refractivity contribution in [2.75, 3.05) is 26.2 Å². The van der Waals surface area contributed by atoms with Crippen LogP contribution in [0.15, 0.2) is 11.6 Å². The van der Waals surface area contributed by atoms with E-state index < -0.39 is 5.60 Å². The molecule has 3 fully saturated rings. The molecule has 3 saturated carbocycles. The third-order valence-electron chi connectivity index (χ3n) is 13.3. The van der Waals surface area contributed by atoms with Crippen molar-refractivity contribution in [3.8, 4) is 0 Å². The van der Waals surface area contributed by atoms with Gasteiger partial charge in [-0.25, -0.2) is 4.79 Å². The highest BCUT2D eigenvalue weighted by molar-refractivity contribution is 5.79. The number of fused-ring (bicyclic) bond motifs is 5. The molecule has 8 nitrogen and oxygen atoms in total. The molecule has 4 N–H and O–H groups in total. The van der Waals surface area contributed by atoms with E-state index in [1.165, 1.54) is 51.4 Å². The van der Waals surface area contributed by atoms with Crippen LogP contribution in [0.1, 0.15) is 145 Å². The molecule has 0 heterocycles. The number of nitrogens with two attached hydrogens (primary N) is 1. The number of rotatable bonds is 15. The third kappa shape index (κ3) is 9.83. The Morgan fingerprint density at radius 1 is 0.939 bits per heavy atom. The highest BCUT2D eigenvalue weighted by atomic mass is 16.6. The molecule has 0 spiro atoms. The second-order valence-corrected chi connectivity index (χ2v) is 18.2. The van der Waals surface area contributed by atoms with Gasteiger partial charge in [-0.2, -0.15) is 0 Å². The van der Waals surface area contributed by atoms with Crippen LogP contribution in [0, 0.1) is 46.3 Å². The van der Waals surface area contributed by atoms with Crippen molar-refractivity contribution in [1.29, 1.82) is 0 Å². The van der Waals surface area contributed by atoms with Crippen molar-refractivity contribution in [2.45, 2.75) is 157 Å². The molecule has 4 rings (SSSR count). The van der Waals surface area contributed by atoms with Crippen LogP contribution in [0.25, 0.3) is 0 Å². The molecule has 280 valence electrons. The van der Waals surface area contributed by atoms with Crippen molar-refractivity contribution in [1.82, 2.24) is 15.5 Å². The molecular weight excluding hydrogens is 612 g/mol. The molecule has 0 aliphatic heterocycles. The first-order valence-electron chi connectivity index (χ1n) is 20.0. The van der Waals surface area contributed by atoms with E-state index in [1.807, 2.05) is 25.7 Å². The maximum absolute atomic E-state index is 13.6. The summed E-state index contributed by atoms with van der Waals surface area (Å²) in [6, 6.07) is 0.107. The largest absolute Gasteiger partial charge is 0.444 e. The molecule has 4 unspecified atom stereocenters. The van der Waals surface area contributed by atoms with Gasteiger partial charge in [-0.05, 0) is 125 Å². The lowest BCUT2D eigenvalue weighted by Gasteiger charge is -2.59. The Morgan fingerprint density at radius 2 is 1.65 bits per heavy atom. The number of hydrogen-bond donors (Lipinski definition) is 3. The Kier molecular flexibility index (Phi) is 13.7. The first-order chi connectivity index (χ1) is 23.1. The lowest BCUT2D eigenvalue weighted by molar-refractivity contribution is -0.122. The molecule has 0 aromatic carbocycles. The van der Waals surface area contributed by atoms with Crippen molar-refractivity contribution < 1.29 is 19.1 Å². The van der Waals surface area contributed by atoms with Crippen molar-refractivity contribution in [3.63, 3.8) is 0 Å². The number of hydrogen-bond acceptors (Lipinski definition) is 5. The van der Waals surface area contributed by atoms with Crippen LogP contribution in [0.2, 0.25) is 0 Å². The molecule has 3 amide bonds. The third-order valence-corrected chi connectivity index (χ3v) is 13.3. The summed E-state index contributed by atoms with van der Waals surface area (Å²) in [4.78, 5) is 39.5. The topological polar surface area (TPSA) is 114 Å². The highest BCUT2D eigenvalue weighted by Gasteiger charge is 2.59. The predicted octanol–water partition coefficient (Wildman–Crippen LogP) is 7.99. The summed E-state index contributed by atoms with van der Waals surface area (Å²) >= 11 is 0. The SMILES string of the molecule is CC(C)CCC[C@@H](C)C1CC[C@H]2[C@H]3CC=C4C[C@@H](N(CCCNC(=O)CCNC(=O)CCN)C(=O)OC(C)(C)C)CCC4(C)C3CCC12C. The molecular formula is C41H72N4O4. The Labute approximate surface area is 298 Å². The lowest BCUT2D eigenvalue weighted by Crippen LogP contribution is -2.53. The van der Waals surface area contributed by atoms with Gasteiger partial charge >= 0.3 is 6.09 Å². The van der Waals surface area contributed by atoms with Crippen LogP contribution in [0.4, 0.5) is 4.79 Å². The van der Waals surface area contributed by atoms with Gasteiger partial charge in [-0.3, -0.25) is 9.59 Å². The summed E-state index contributed by atoms with van der Waals surface area (Å²) in [5.74, 6) is 4.63. The second kappa shape index (κ2) is 17.0. The minimum atomic E-state index is -0.571. The standard InChI is InChI=1S/C41H72N4O4/c1-28(2)11-9-12-29(3)33-15-16-34-32-14-13-30-27-31(17-21-40(30,7)35(32)18-22-41(33,34)8)45(38(48)49-39(4,5)6)26-10-24-43-37(47)20-25-44-36(46)19-23-42/h13,28-29,31-35H,9-12,14-27,42H2,1-8H3,(H,43,47)(H,44,46)/t29-,31+,32-,33?,34+,35?,40?,41?/m1/s1. The summed E-state index contributed by atoms with van der Waals surface area (Å²) in [7, 11) is 0. The zero-order valence-corrected chi connectivity index (χ0v) is 32.5. The molecule has 0 radical (unpaired) electrons. The van der Waals surface area contributed by atoms with Crippen LogP contribution in [-0.4, -0.2) is 60.6 Å². The average molecular weight is 685 g/mol. The molecule has 0 aromatic heterocycles. The van der Waals surface area contributed by atoms with Crippen LogP contribution >= 0.6 is 0 Å². The summed E-state index contributed by atoms with van der Waals surface area (Å²) < 4.78 is 5.93. The quantitative estimate of drug-likeness (QED) is 0.120. The van der Waals surface area contributed by atoms with E-state index >= 15 is 0 Å². The van der Waals surface area contributed by atoms with E-state index in [2.05, 4.69) is 51.3 Å². The van der Waals surface area contributed by atoms with Gasteiger partial charge in [-0.1, -0.05) is 65.5 Å². The Balaban J connectivity index is 1.37. The molecule has 8 heteroatoms. The maximum atomic E-state index is 13.6. The molecule has 0 aromatic rings. The Bertz CT molecular complexity index is 1160. The number of nitrogens with one attached hydrogen (secondary N) is 2. The van der Waals surface area contributed by atoms with E-state index in [0.29, 0.717) is 38.0 Å². The van der Waals surface area contributed by atoms with Crippen LogP contribution in [0.3, 0.4) is 0 Å². The minimum absolute atomic E-state index is 0.107. The zero-order valence-electron chi connectivity index (χ0n) is 32.5. The molecule has 49 heavy (non-hydrogen) atoms. The number of carbonyl (C=O) groups is 3. The smallest absolute Gasteiger partial charge is 0.410 e. The number of amides is 3. The summed E-state index contributed by atoms with van der Waals surface area (Å²) in [5, 5.41) is 5.68. The fourth-order valence-electron chi connectivity index (χ4n) is 10.8. The number of nitrogens with zero attached hydrogens (tertiary/aromatic N) is 1. The first-order valence-corrected chi connectivity index (χ1v) is 20.0. The van der Waals surface area contributed by atoms with Gasteiger partial charge in [0.25, 0.3) is 0 Å². The van der Waals surface area contributed by atoms with Crippen molar-refractivity contribution in [3.05, 3.63) is 11.6 Å². The normalized spacial score (nSPS) is 31.6. The fourth-order valence-corrected chi connectivity index (χ4v) is 10.8. The number of ether oxygens (including phenoxy) is 1.